The second kappa shape index (κ2) is 5.95. The van der Waals surface area contributed by atoms with E-state index in [9.17, 15) is 4.79 Å². The molecule has 0 fully saturated rings. The lowest BCUT2D eigenvalue weighted by molar-refractivity contribution is 0.0951. The summed E-state index contributed by atoms with van der Waals surface area (Å²) in [5, 5.41) is 2.90. The van der Waals surface area contributed by atoms with Gasteiger partial charge in [0, 0.05) is 28.1 Å². The van der Waals surface area contributed by atoms with Gasteiger partial charge in [-0.3, -0.25) is 9.78 Å². The minimum Gasteiger partial charge on any atom is -0.348 e. The number of benzene rings is 1. The number of hydrogen-bond donors (Lipinski definition) is 1. The first kappa shape index (κ1) is 13.0. The fourth-order valence-corrected chi connectivity index (χ4v) is 2.13. The smallest absolute Gasteiger partial charge is 0.251 e. The summed E-state index contributed by atoms with van der Waals surface area (Å²) in [6.07, 6.45) is 3.53. The number of nitrogens with one attached hydrogen (secondary N) is 1. The fraction of sp³-hybridized carbons (Fsp3) is 0.143. The molecule has 0 radical (unpaired) electrons. The third-order valence-electron chi connectivity index (χ3n) is 2.67. The Labute approximate surface area is 120 Å². The lowest BCUT2D eigenvalue weighted by Gasteiger charge is -2.07. The Bertz CT molecular complexity index is 569. The van der Waals surface area contributed by atoms with Crippen molar-refractivity contribution < 1.29 is 4.79 Å². The Morgan fingerprint density at radius 1 is 1.39 bits per heavy atom. The van der Waals surface area contributed by atoms with Crippen molar-refractivity contribution in [1.82, 2.24) is 10.3 Å². The van der Waals surface area contributed by atoms with Crippen LogP contribution in [0.1, 0.15) is 21.5 Å². The van der Waals surface area contributed by atoms with Crippen molar-refractivity contribution in [1.29, 1.82) is 0 Å². The van der Waals surface area contributed by atoms with E-state index in [-0.39, 0.29) is 5.91 Å². The molecule has 1 N–H and O–H groups in total. The second-order valence-electron chi connectivity index (χ2n) is 4.00. The number of hydrogen-bond acceptors (Lipinski definition) is 2. The molecule has 92 valence electrons. The standard InChI is InChI=1S/C14H13IN2O/c1-10-5-6-16-8-12(10)9-17-14(18)11-3-2-4-13(15)7-11/h2-8H,9H2,1H3,(H,17,18). The van der Waals surface area contributed by atoms with E-state index in [1.165, 1.54) is 0 Å². The van der Waals surface area contributed by atoms with E-state index in [4.69, 9.17) is 0 Å². The zero-order valence-electron chi connectivity index (χ0n) is 9.98. The van der Waals surface area contributed by atoms with Gasteiger partial charge >= 0.3 is 0 Å². The number of carbonyl (C=O) groups excluding carboxylic acids is 1. The van der Waals surface area contributed by atoms with Crippen LogP contribution in [0.15, 0.2) is 42.7 Å². The summed E-state index contributed by atoms with van der Waals surface area (Å²) in [5.74, 6) is -0.0585. The maximum atomic E-state index is 11.9. The van der Waals surface area contributed by atoms with E-state index >= 15 is 0 Å². The van der Waals surface area contributed by atoms with Crippen LogP contribution in [0, 0.1) is 10.5 Å². The first-order chi connectivity index (χ1) is 8.66. The minimum absolute atomic E-state index is 0.0585. The molecule has 0 spiro atoms. The highest BCUT2D eigenvalue weighted by Crippen LogP contribution is 2.09. The van der Waals surface area contributed by atoms with Gasteiger partial charge in [-0.1, -0.05) is 6.07 Å². The molecule has 2 aromatic rings. The Kier molecular flexibility index (Phi) is 4.30. The maximum absolute atomic E-state index is 11.9. The SMILES string of the molecule is Cc1ccncc1CNC(=O)c1cccc(I)c1. The molecule has 1 aromatic heterocycles. The number of nitrogens with zero attached hydrogens (tertiary/aromatic N) is 1. The quantitative estimate of drug-likeness (QED) is 0.864. The highest BCUT2D eigenvalue weighted by molar-refractivity contribution is 14.1. The Morgan fingerprint density at radius 2 is 2.22 bits per heavy atom. The zero-order valence-corrected chi connectivity index (χ0v) is 12.1. The average Bonchev–Trinajstić information content (AvgIpc) is 2.37. The molecule has 1 amide bonds. The van der Waals surface area contributed by atoms with Crippen molar-refractivity contribution in [3.8, 4) is 0 Å². The number of aryl methyl sites for hydroxylation is 1. The molecule has 1 aromatic carbocycles. The summed E-state index contributed by atoms with van der Waals surface area (Å²) in [4.78, 5) is 16.0. The van der Waals surface area contributed by atoms with Crippen LogP contribution < -0.4 is 5.32 Å². The minimum atomic E-state index is -0.0585. The van der Waals surface area contributed by atoms with Crippen LogP contribution in [-0.4, -0.2) is 10.9 Å². The number of pyridine rings is 1. The summed E-state index contributed by atoms with van der Waals surface area (Å²) < 4.78 is 1.05. The topological polar surface area (TPSA) is 42.0 Å². The Hall–Kier alpha value is -1.43. The van der Waals surface area contributed by atoms with Crippen molar-refractivity contribution in [2.45, 2.75) is 13.5 Å². The van der Waals surface area contributed by atoms with Gasteiger partial charge in [0.2, 0.25) is 0 Å². The van der Waals surface area contributed by atoms with Gasteiger partial charge in [-0.05, 0) is 64.9 Å². The molecule has 0 unspecified atom stereocenters. The molecular formula is C14H13IN2O. The largest absolute Gasteiger partial charge is 0.348 e. The van der Waals surface area contributed by atoms with E-state index in [1.807, 2.05) is 37.3 Å². The van der Waals surface area contributed by atoms with Gasteiger partial charge in [0.15, 0.2) is 0 Å². The molecule has 4 heteroatoms. The molecule has 0 saturated heterocycles. The maximum Gasteiger partial charge on any atom is 0.251 e. The van der Waals surface area contributed by atoms with E-state index in [0.717, 1.165) is 14.7 Å². The molecule has 0 bridgehead atoms. The molecule has 0 aliphatic heterocycles. The number of rotatable bonds is 3. The molecule has 0 aliphatic carbocycles. The lowest BCUT2D eigenvalue weighted by Crippen LogP contribution is -2.23. The first-order valence-electron chi connectivity index (χ1n) is 5.60. The number of carbonyl (C=O) groups is 1. The van der Waals surface area contributed by atoms with E-state index in [2.05, 4.69) is 32.9 Å². The van der Waals surface area contributed by atoms with Crippen LogP contribution >= 0.6 is 22.6 Å². The molecule has 0 atom stereocenters. The summed E-state index contributed by atoms with van der Waals surface area (Å²) in [5.41, 5.74) is 2.85. The van der Waals surface area contributed by atoms with Crippen LogP contribution in [0.5, 0.6) is 0 Å². The molecule has 0 aliphatic rings. The average molecular weight is 352 g/mol. The van der Waals surface area contributed by atoms with Crippen LogP contribution in [0.4, 0.5) is 0 Å². The summed E-state index contributed by atoms with van der Waals surface area (Å²) in [7, 11) is 0. The van der Waals surface area contributed by atoms with Gasteiger partial charge in [0.1, 0.15) is 0 Å². The molecule has 1 heterocycles. The molecule has 18 heavy (non-hydrogen) atoms. The normalized spacial score (nSPS) is 10.1. The molecular weight excluding hydrogens is 339 g/mol. The predicted molar refractivity (Wildman–Crippen MR) is 79.3 cm³/mol. The van der Waals surface area contributed by atoms with Gasteiger partial charge in [-0.25, -0.2) is 0 Å². The zero-order chi connectivity index (χ0) is 13.0. The highest BCUT2D eigenvalue weighted by atomic mass is 127. The van der Waals surface area contributed by atoms with E-state index < -0.39 is 0 Å². The summed E-state index contributed by atoms with van der Waals surface area (Å²) in [6.45, 7) is 2.51. The van der Waals surface area contributed by atoms with E-state index in [0.29, 0.717) is 12.1 Å². The molecule has 3 nitrogen and oxygen atoms in total. The summed E-state index contributed by atoms with van der Waals surface area (Å²) in [6, 6.07) is 9.46. The third-order valence-corrected chi connectivity index (χ3v) is 3.34. The highest BCUT2D eigenvalue weighted by Gasteiger charge is 2.06. The number of aromatic nitrogens is 1. The van der Waals surface area contributed by atoms with Crippen molar-refractivity contribution >= 4 is 28.5 Å². The predicted octanol–water partition coefficient (Wildman–Crippen LogP) is 2.92. The van der Waals surface area contributed by atoms with Crippen LogP contribution in [0.25, 0.3) is 0 Å². The lowest BCUT2D eigenvalue weighted by atomic mass is 10.1. The second-order valence-corrected chi connectivity index (χ2v) is 5.24. The van der Waals surface area contributed by atoms with Gasteiger partial charge < -0.3 is 5.32 Å². The van der Waals surface area contributed by atoms with E-state index in [1.54, 1.807) is 12.4 Å². The monoisotopic (exact) mass is 352 g/mol. The number of amides is 1. The third kappa shape index (κ3) is 3.29. The number of halogens is 1. The fourth-order valence-electron chi connectivity index (χ4n) is 1.59. The Balaban J connectivity index is 2.03. The Morgan fingerprint density at radius 3 is 2.94 bits per heavy atom. The van der Waals surface area contributed by atoms with Crippen molar-refractivity contribution in [2.75, 3.05) is 0 Å². The van der Waals surface area contributed by atoms with Crippen molar-refractivity contribution in [3.05, 3.63) is 63.0 Å². The summed E-state index contributed by atoms with van der Waals surface area (Å²) >= 11 is 2.19. The van der Waals surface area contributed by atoms with Crippen LogP contribution in [-0.2, 0) is 6.54 Å². The molecule has 2 rings (SSSR count). The van der Waals surface area contributed by atoms with Crippen molar-refractivity contribution in [2.24, 2.45) is 0 Å². The van der Waals surface area contributed by atoms with Gasteiger partial charge in [-0.2, -0.15) is 0 Å². The van der Waals surface area contributed by atoms with Gasteiger partial charge in [0.05, 0.1) is 0 Å². The molecule has 0 saturated carbocycles. The van der Waals surface area contributed by atoms with Gasteiger partial charge in [-0.15, -0.1) is 0 Å². The van der Waals surface area contributed by atoms with Crippen LogP contribution in [0.2, 0.25) is 0 Å². The van der Waals surface area contributed by atoms with Crippen LogP contribution in [0.3, 0.4) is 0 Å². The van der Waals surface area contributed by atoms with Crippen molar-refractivity contribution in [3.63, 3.8) is 0 Å². The van der Waals surface area contributed by atoms with Gasteiger partial charge in [0.25, 0.3) is 5.91 Å². The first-order valence-corrected chi connectivity index (χ1v) is 6.68.